The fraction of sp³-hybridized carbons (Fsp3) is 0.529. The summed E-state index contributed by atoms with van der Waals surface area (Å²) in [6.45, 7) is 1.98. The van der Waals surface area contributed by atoms with E-state index in [1.807, 2.05) is 30.3 Å². The lowest BCUT2D eigenvalue weighted by atomic mass is 9.92. The number of amides is 2. The maximum atomic E-state index is 12.6. The van der Waals surface area contributed by atoms with Gasteiger partial charge in [-0.05, 0) is 12.0 Å². The van der Waals surface area contributed by atoms with Crippen molar-refractivity contribution in [3.05, 3.63) is 35.9 Å². The SMILES string of the molecule is O=C(O)C1CN(C(=O)NC(c2ccccc2)C2CCOC2)CCO1. The predicted octanol–water partition coefficient (Wildman–Crippen LogP) is 1.26. The standard InChI is InChI=1S/C17H22N2O5/c20-16(21)14-10-19(7-9-24-14)17(22)18-15(13-6-8-23-11-13)12-4-2-1-3-5-12/h1-5,13-15H,6-11H2,(H,18,22)(H,20,21). The summed E-state index contributed by atoms with van der Waals surface area (Å²) in [6, 6.07) is 9.40. The van der Waals surface area contributed by atoms with Gasteiger partial charge in [-0.2, -0.15) is 0 Å². The number of aliphatic carboxylic acids is 1. The first-order valence-corrected chi connectivity index (χ1v) is 8.17. The van der Waals surface area contributed by atoms with Crippen molar-refractivity contribution in [2.45, 2.75) is 18.6 Å². The highest BCUT2D eigenvalue weighted by Gasteiger charge is 2.33. The minimum Gasteiger partial charge on any atom is -0.479 e. The van der Waals surface area contributed by atoms with Crippen LogP contribution in [-0.4, -0.2) is 61.0 Å². The number of carboxylic acid groups (broad SMARTS) is 1. The normalized spacial score (nSPS) is 25.2. The third-order valence-corrected chi connectivity index (χ3v) is 4.50. The van der Waals surface area contributed by atoms with E-state index in [0.29, 0.717) is 19.8 Å². The largest absolute Gasteiger partial charge is 0.479 e. The zero-order valence-electron chi connectivity index (χ0n) is 13.4. The second kappa shape index (κ2) is 7.63. The molecule has 3 atom stereocenters. The lowest BCUT2D eigenvalue weighted by Gasteiger charge is -2.33. The van der Waals surface area contributed by atoms with Crippen LogP contribution in [0.15, 0.2) is 30.3 Å². The Hall–Kier alpha value is -2.12. The smallest absolute Gasteiger partial charge is 0.334 e. The van der Waals surface area contributed by atoms with Crippen molar-refractivity contribution in [1.82, 2.24) is 10.2 Å². The fourth-order valence-electron chi connectivity index (χ4n) is 3.16. The molecule has 24 heavy (non-hydrogen) atoms. The molecule has 0 aromatic heterocycles. The van der Waals surface area contributed by atoms with E-state index < -0.39 is 12.1 Å². The van der Waals surface area contributed by atoms with Crippen LogP contribution in [0, 0.1) is 5.92 Å². The van der Waals surface area contributed by atoms with Crippen LogP contribution in [-0.2, 0) is 14.3 Å². The minimum atomic E-state index is -1.05. The molecule has 1 aromatic carbocycles. The lowest BCUT2D eigenvalue weighted by Crippen LogP contribution is -2.52. The molecular formula is C17H22N2O5. The maximum absolute atomic E-state index is 12.6. The van der Waals surface area contributed by atoms with E-state index in [1.165, 1.54) is 4.90 Å². The van der Waals surface area contributed by atoms with Crippen LogP contribution in [0.25, 0.3) is 0 Å². The number of rotatable bonds is 4. The third kappa shape index (κ3) is 3.85. The van der Waals surface area contributed by atoms with Gasteiger partial charge in [-0.3, -0.25) is 0 Å². The summed E-state index contributed by atoms with van der Waals surface area (Å²) in [5.41, 5.74) is 1.03. The van der Waals surface area contributed by atoms with Crippen LogP contribution >= 0.6 is 0 Å². The third-order valence-electron chi connectivity index (χ3n) is 4.50. The summed E-state index contributed by atoms with van der Waals surface area (Å²) in [6.07, 6.45) is -0.0738. The molecule has 0 radical (unpaired) electrons. The number of urea groups is 1. The van der Waals surface area contributed by atoms with Crippen LogP contribution in [0.3, 0.4) is 0 Å². The van der Waals surface area contributed by atoms with Gasteiger partial charge in [0.15, 0.2) is 6.10 Å². The van der Waals surface area contributed by atoms with E-state index in [-0.39, 0.29) is 31.1 Å². The summed E-state index contributed by atoms with van der Waals surface area (Å²) in [7, 11) is 0. The van der Waals surface area contributed by atoms with Crippen LogP contribution in [0.4, 0.5) is 4.79 Å². The zero-order chi connectivity index (χ0) is 16.9. The summed E-state index contributed by atoms with van der Waals surface area (Å²) in [5.74, 6) is -0.830. The highest BCUT2D eigenvalue weighted by atomic mass is 16.5. The van der Waals surface area contributed by atoms with Gasteiger partial charge in [0.1, 0.15) is 0 Å². The molecule has 7 heteroatoms. The van der Waals surface area contributed by atoms with Gasteiger partial charge in [-0.15, -0.1) is 0 Å². The highest BCUT2D eigenvalue weighted by Crippen LogP contribution is 2.29. The first kappa shape index (κ1) is 16.7. The Kier molecular flexibility index (Phi) is 5.32. The Morgan fingerprint density at radius 2 is 2.04 bits per heavy atom. The van der Waals surface area contributed by atoms with Crippen LogP contribution in [0.5, 0.6) is 0 Å². The van der Waals surface area contributed by atoms with Gasteiger partial charge in [0.05, 0.1) is 25.8 Å². The monoisotopic (exact) mass is 334 g/mol. The molecule has 0 aliphatic carbocycles. The first-order chi connectivity index (χ1) is 11.6. The van der Waals surface area contributed by atoms with Gasteiger partial charge >= 0.3 is 12.0 Å². The molecule has 2 heterocycles. The van der Waals surface area contributed by atoms with Crippen LogP contribution < -0.4 is 5.32 Å². The maximum Gasteiger partial charge on any atom is 0.334 e. The molecular weight excluding hydrogens is 312 g/mol. The summed E-state index contributed by atoms with van der Waals surface area (Å²) < 4.78 is 10.6. The van der Waals surface area contributed by atoms with Gasteiger partial charge in [0.2, 0.25) is 0 Å². The Labute approximate surface area is 140 Å². The predicted molar refractivity (Wildman–Crippen MR) is 85.6 cm³/mol. The van der Waals surface area contributed by atoms with E-state index in [2.05, 4.69) is 5.32 Å². The molecule has 2 aliphatic rings. The van der Waals surface area contributed by atoms with E-state index >= 15 is 0 Å². The quantitative estimate of drug-likeness (QED) is 0.865. The Bertz CT molecular complexity index is 574. The number of ether oxygens (including phenoxy) is 2. The van der Waals surface area contributed by atoms with Gasteiger partial charge in [-0.1, -0.05) is 30.3 Å². The van der Waals surface area contributed by atoms with Gasteiger partial charge in [0, 0.05) is 19.1 Å². The molecule has 130 valence electrons. The minimum absolute atomic E-state index is 0.0594. The molecule has 1 aromatic rings. The molecule has 2 N–H and O–H groups in total. The molecule has 7 nitrogen and oxygen atoms in total. The Morgan fingerprint density at radius 1 is 1.25 bits per heavy atom. The lowest BCUT2D eigenvalue weighted by molar-refractivity contribution is -0.154. The molecule has 2 aliphatic heterocycles. The van der Waals surface area contributed by atoms with Crippen molar-refractivity contribution in [3.8, 4) is 0 Å². The van der Waals surface area contributed by atoms with E-state index in [0.717, 1.165) is 12.0 Å². The van der Waals surface area contributed by atoms with Crippen molar-refractivity contribution in [2.24, 2.45) is 5.92 Å². The van der Waals surface area contributed by atoms with Crippen molar-refractivity contribution in [2.75, 3.05) is 32.9 Å². The highest BCUT2D eigenvalue weighted by molar-refractivity contribution is 5.77. The number of carboxylic acids is 1. The van der Waals surface area contributed by atoms with E-state index in [1.54, 1.807) is 0 Å². The number of morpholine rings is 1. The Balaban J connectivity index is 1.70. The van der Waals surface area contributed by atoms with Crippen LogP contribution in [0.1, 0.15) is 18.0 Å². The van der Waals surface area contributed by atoms with Gasteiger partial charge in [0.25, 0.3) is 0 Å². The van der Waals surface area contributed by atoms with E-state index in [4.69, 9.17) is 14.6 Å². The van der Waals surface area contributed by atoms with Crippen molar-refractivity contribution in [3.63, 3.8) is 0 Å². The van der Waals surface area contributed by atoms with Gasteiger partial charge < -0.3 is 24.8 Å². The molecule has 2 fully saturated rings. The number of nitrogens with zero attached hydrogens (tertiary/aromatic N) is 1. The molecule has 3 rings (SSSR count). The molecule has 2 saturated heterocycles. The summed E-state index contributed by atoms with van der Waals surface area (Å²) in [4.78, 5) is 25.2. The van der Waals surface area contributed by atoms with Crippen molar-refractivity contribution >= 4 is 12.0 Å². The number of hydrogen-bond acceptors (Lipinski definition) is 4. The topological polar surface area (TPSA) is 88.1 Å². The molecule has 0 spiro atoms. The average molecular weight is 334 g/mol. The number of carbonyl (C=O) groups excluding carboxylic acids is 1. The first-order valence-electron chi connectivity index (χ1n) is 8.17. The number of carbonyl (C=O) groups is 2. The van der Waals surface area contributed by atoms with Crippen molar-refractivity contribution < 1.29 is 24.2 Å². The number of nitrogens with one attached hydrogen (secondary N) is 1. The van der Waals surface area contributed by atoms with E-state index in [9.17, 15) is 9.59 Å². The second-order valence-corrected chi connectivity index (χ2v) is 6.11. The van der Waals surface area contributed by atoms with Gasteiger partial charge in [-0.25, -0.2) is 9.59 Å². The number of hydrogen-bond donors (Lipinski definition) is 2. The van der Waals surface area contributed by atoms with Crippen LogP contribution in [0.2, 0.25) is 0 Å². The van der Waals surface area contributed by atoms with Crippen molar-refractivity contribution in [1.29, 1.82) is 0 Å². The zero-order valence-corrected chi connectivity index (χ0v) is 13.4. The molecule has 3 unspecified atom stereocenters. The molecule has 2 amide bonds. The average Bonchev–Trinajstić information content (AvgIpc) is 3.14. The Morgan fingerprint density at radius 3 is 2.71 bits per heavy atom. The number of benzene rings is 1. The summed E-state index contributed by atoms with van der Waals surface area (Å²) in [5, 5.41) is 12.1. The molecule has 0 saturated carbocycles. The fourth-order valence-corrected chi connectivity index (χ4v) is 3.16. The second-order valence-electron chi connectivity index (χ2n) is 6.11. The molecule has 0 bridgehead atoms. The summed E-state index contributed by atoms with van der Waals surface area (Å²) >= 11 is 0.